The van der Waals surface area contributed by atoms with Crippen LogP contribution in [0.3, 0.4) is 0 Å². The number of hydrogen-bond donors (Lipinski definition) is 4. The number of nitrogens with one attached hydrogen (secondary N) is 1. The number of carbonyl (C=O) groups is 1. The number of hydrogen-bond acceptors (Lipinski definition) is 4. The van der Waals surface area contributed by atoms with Gasteiger partial charge in [0, 0.05) is 12.1 Å². The van der Waals surface area contributed by atoms with Gasteiger partial charge in [-0.1, -0.05) is 24.3 Å². The van der Waals surface area contributed by atoms with Crippen molar-refractivity contribution in [3.05, 3.63) is 94.0 Å². The Morgan fingerprint density at radius 3 is 2.27 bits per heavy atom. The molecule has 0 spiro atoms. The van der Waals surface area contributed by atoms with Crippen molar-refractivity contribution in [1.29, 1.82) is 0 Å². The molecule has 8 heteroatoms. The molecule has 4 N–H and O–H groups in total. The molecule has 1 amide bonds. The second-order valence-corrected chi connectivity index (χ2v) is 9.61. The third kappa shape index (κ3) is 7.46. The van der Waals surface area contributed by atoms with E-state index in [1.807, 2.05) is 44.2 Å². The van der Waals surface area contributed by atoms with Gasteiger partial charge in [0.25, 0.3) is 5.91 Å². The summed E-state index contributed by atoms with van der Waals surface area (Å²) in [5, 5.41) is 12.3. The minimum atomic E-state index is -4.24. The summed E-state index contributed by atoms with van der Waals surface area (Å²) in [5.41, 5.74) is 5.55. The monoisotopic (exact) mass is 469 g/mol. The quantitative estimate of drug-likeness (QED) is 0.351. The van der Waals surface area contributed by atoms with E-state index in [1.54, 1.807) is 30.3 Å². The summed E-state index contributed by atoms with van der Waals surface area (Å²) in [4.78, 5) is 30.6. The van der Waals surface area contributed by atoms with Crippen LogP contribution in [-0.2, 0) is 17.4 Å². The van der Waals surface area contributed by atoms with Gasteiger partial charge in [-0.2, -0.15) is 0 Å². The maximum atomic E-state index is 12.6. The molecule has 0 bridgehead atoms. The Balaban J connectivity index is 1.63. The average Bonchev–Trinajstić information content (AvgIpc) is 2.76. The molecule has 3 rings (SSSR count). The fourth-order valence-electron chi connectivity index (χ4n) is 3.59. The van der Waals surface area contributed by atoms with E-state index in [9.17, 15) is 14.5 Å². The van der Waals surface area contributed by atoms with Crippen molar-refractivity contribution in [3.8, 4) is 11.5 Å². The summed E-state index contributed by atoms with van der Waals surface area (Å²) in [6, 6.07) is 17.9. The first-order valence-electron chi connectivity index (χ1n) is 10.5. The summed E-state index contributed by atoms with van der Waals surface area (Å²) in [5.74, 6) is 0.484. The predicted octanol–water partition coefficient (Wildman–Crippen LogP) is 4.09. The zero-order chi connectivity index (χ0) is 24.0. The van der Waals surface area contributed by atoms with Crippen molar-refractivity contribution in [3.63, 3.8) is 0 Å². The first-order valence-corrected chi connectivity index (χ1v) is 12.3. The van der Waals surface area contributed by atoms with Gasteiger partial charge in [-0.25, -0.2) is 0 Å². The van der Waals surface area contributed by atoms with Crippen LogP contribution in [0.25, 0.3) is 0 Å². The molecule has 0 radical (unpaired) electrons. The maximum absolute atomic E-state index is 12.6. The molecule has 0 aliphatic carbocycles. The van der Waals surface area contributed by atoms with Crippen LogP contribution in [0.4, 0.5) is 0 Å². The second-order valence-electron chi connectivity index (χ2n) is 8.02. The molecular formula is C25H28NO6P. The van der Waals surface area contributed by atoms with Crippen molar-refractivity contribution in [2.45, 2.75) is 26.7 Å². The highest BCUT2D eigenvalue weighted by Gasteiger charge is 2.15. The molecule has 0 heterocycles. The molecule has 174 valence electrons. The zero-order valence-electron chi connectivity index (χ0n) is 18.6. The molecule has 0 fully saturated rings. The van der Waals surface area contributed by atoms with E-state index in [0.29, 0.717) is 30.7 Å². The SMILES string of the molecule is Cc1cc(OCP(=O)(O)O)cc(C)c1Cc1cccc(C(=O)NCCc2ccc(O)cc2)c1. The topological polar surface area (TPSA) is 116 Å². The van der Waals surface area contributed by atoms with Crippen LogP contribution in [0.5, 0.6) is 11.5 Å². The summed E-state index contributed by atoms with van der Waals surface area (Å²) >= 11 is 0. The fourth-order valence-corrected chi connectivity index (χ4v) is 3.90. The first-order chi connectivity index (χ1) is 15.6. The van der Waals surface area contributed by atoms with E-state index in [-0.39, 0.29) is 11.7 Å². The van der Waals surface area contributed by atoms with Crippen molar-refractivity contribution < 1.29 is 29.0 Å². The highest BCUT2D eigenvalue weighted by atomic mass is 31.2. The molecule has 3 aromatic rings. The van der Waals surface area contributed by atoms with Crippen molar-refractivity contribution >= 4 is 13.5 Å². The first kappa shape index (κ1) is 24.5. The van der Waals surface area contributed by atoms with Crippen molar-refractivity contribution in [1.82, 2.24) is 5.32 Å². The van der Waals surface area contributed by atoms with Crippen LogP contribution in [0, 0.1) is 13.8 Å². The largest absolute Gasteiger partial charge is 0.508 e. The van der Waals surface area contributed by atoms with Crippen molar-refractivity contribution in [2.24, 2.45) is 0 Å². The number of benzene rings is 3. The lowest BCUT2D eigenvalue weighted by atomic mass is 9.95. The van der Waals surface area contributed by atoms with Gasteiger partial charge in [0.15, 0.2) is 6.35 Å². The summed E-state index contributed by atoms with van der Waals surface area (Å²) < 4.78 is 16.3. The van der Waals surface area contributed by atoms with Crippen LogP contribution in [0.1, 0.15) is 38.2 Å². The van der Waals surface area contributed by atoms with E-state index in [2.05, 4.69) is 5.32 Å². The molecule has 0 aliphatic rings. The molecule has 0 saturated heterocycles. The zero-order valence-corrected chi connectivity index (χ0v) is 19.5. The number of phenolic OH excluding ortho intramolecular Hbond substituents is 1. The number of carbonyl (C=O) groups excluding carboxylic acids is 1. The Kier molecular flexibility index (Phi) is 7.92. The van der Waals surface area contributed by atoms with Crippen molar-refractivity contribution in [2.75, 3.05) is 12.9 Å². The Labute approximate surface area is 193 Å². The van der Waals surface area contributed by atoms with Gasteiger partial charge in [0.05, 0.1) is 0 Å². The van der Waals surface area contributed by atoms with E-state index in [1.165, 1.54) is 0 Å². The predicted molar refractivity (Wildman–Crippen MR) is 127 cm³/mol. The Hall–Kier alpha value is -3.12. The minimum Gasteiger partial charge on any atom is -0.508 e. The van der Waals surface area contributed by atoms with E-state index >= 15 is 0 Å². The number of rotatable bonds is 9. The average molecular weight is 469 g/mol. The highest BCUT2D eigenvalue weighted by Crippen LogP contribution is 2.35. The van der Waals surface area contributed by atoms with Crippen LogP contribution in [0.15, 0.2) is 60.7 Å². The summed E-state index contributed by atoms with van der Waals surface area (Å²) in [6.45, 7) is 4.33. The smallest absolute Gasteiger partial charge is 0.362 e. The second kappa shape index (κ2) is 10.7. The van der Waals surface area contributed by atoms with Gasteiger partial charge in [-0.15, -0.1) is 0 Å². The van der Waals surface area contributed by atoms with E-state index in [4.69, 9.17) is 14.5 Å². The number of phenols is 1. The Bertz CT molecular complexity index is 1150. The van der Waals surface area contributed by atoms with Gasteiger partial charge in [0.2, 0.25) is 0 Å². The summed E-state index contributed by atoms with van der Waals surface area (Å²) in [6.07, 6.45) is 0.626. The third-order valence-electron chi connectivity index (χ3n) is 5.27. The molecule has 33 heavy (non-hydrogen) atoms. The fraction of sp³-hybridized carbons (Fsp3) is 0.240. The van der Waals surface area contributed by atoms with Gasteiger partial charge in [-0.05, 0) is 90.9 Å². The lowest BCUT2D eigenvalue weighted by Crippen LogP contribution is -2.25. The molecule has 0 aliphatic heterocycles. The molecule has 0 aromatic heterocycles. The van der Waals surface area contributed by atoms with Gasteiger partial charge in [0.1, 0.15) is 11.5 Å². The minimum absolute atomic E-state index is 0.148. The standard InChI is InChI=1S/C25H28NO6P/c1-17-12-23(32-16-33(29,30)31)13-18(2)24(17)15-20-4-3-5-21(14-20)25(28)26-11-10-19-6-8-22(27)9-7-19/h3-9,12-14,27H,10-11,15-16H2,1-2H3,(H,26,28)(H2,29,30,31). The highest BCUT2D eigenvalue weighted by molar-refractivity contribution is 7.51. The molecule has 7 nitrogen and oxygen atoms in total. The normalized spacial score (nSPS) is 11.3. The number of aryl methyl sites for hydroxylation is 2. The lowest BCUT2D eigenvalue weighted by Gasteiger charge is -2.15. The van der Waals surface area contributed by atoms with E-state index < -0.39 is 13.9 Å². The molecular weight excluding hydrogens is 441 g/mol. The lowest BCUT2D eigenvalue weighted by molar-refractivity contribution is 0.0954. The number of aromatic hydroxyl groups is 1. The maximum Gasteiger partial charge on any atom is 0.362 e. The number of ether oxygens (including phenoxy) is 1. The van der Waals surface area contributed by atoms with Gasteiger partial charge in [-0.3, -0.25) is 9.36 Å². The molecule has 3 aromatic carbocycles. The third-order valence-corrected chi connectivity index (χ3v) is 5.74. The van der Waals surface area contributed by atoms with Crippen LogP contribution < -0.4 is 10.1 Å². The van der Waals surface area contributed by atoms with Gasteiger partial charge < -0.3 is 24.9 Å². The van der Waals surface area contributed by atoms with Crippen LogP contribution in [0.2, 0.25) is 0 Å². The van der Waals surface area contributed by atoms with Crippen LogP contribution in [-0.4, -0.2) is 33.7 Å². The van der Waals surface area contributed by atoms with Crippen LogP contribution >= 0.6 is 7.60 Å². The number of amides is 1. The summed E-state index contributed by atoms with van der Waals surface area (Å²) in [7, 11) is -4.24. The molecule has 0 unspecified atom stereocenters. The van der Waals surface area contributed by atoms with E-state index in [0.717, 1.165) is 27.8 Å². The Morgan fingerprint density at radius 1 is 0.970 bits per heavy atom. The Morgan fingerprint density at radius 2 is 1.64 bits per heavy atom. The molecule has 0 saturated carbocycles. The molecule has 0 atom stereocenters. The van der Waals surface area contributed by atoms with Gasteiger partial charge >= 0.3 is 7.60 Å².